The van der Waals surface area contributed by atoms with Crippen molar-refractivity contribution < 1.29 is 22.5 Å². The number of hydrogen-bond acceptors (Lipinski definition) is 6. The third-order valence-corrected chi connectivity index (χ3v) is 7.43. The van der Waals surface area contributed by atoms with Crippen LogP contribution in [0.3, 0.4) is 0 Å². The van der Waals surface area contributed by atoms with E-state index in [0.29, 0.717) is 56.8 Å². The van der Waals surface area contributed by atoms with E-state index in [0.717, 1.165) is 11.3 Å². The molecule has 0 radical (unpaired) electrons. The Morgan fingerprint density at radius 1 is 1.23 bits per heavy atom. The van der Waals surface area contributed by atoms with Crippen molar-refractivity contribution in [2.75, 3.05) is 19.7 Å². The summed E-state index contributed by atoms with van der Waals surface area (Å²) in [4.78, 5) is 12.4. The van der Waals surface area contributed by atoms with Gasteiger partial charge in [-0.2, -0.15) is 4.31 Å². The Hall–Kier alpha value is -2.39. The molecule has 1 saturated heterocycles. The quantitative estimate of drug-likeness (QED) is 0.640. The maximum atomic E-state index is 12.9. The van der Waals surface area contributed by atoms with E-state index in [1.807, 2.05) is 31.2 Å². The van der Waals surface area contributed by atoms with E-state index >= 15 is 0 Å². The van der Waals surface area contributed by atoms with Gasteiger partial charge in [0.15, 0.2) is 5.76 Å². The number of aromatic nitrogens is 1. The van der Waals surface area contributed by atoms with Crippen LogP contribution in [0.1, 0.15) is 42.7 Å². The largest absolute Gasteiger partial charge is 0.493 e. The van der Waals surface area contributed by atoms with Crippen LogP contribution in [0, 0.1) is 20.8 Å². The second kappa shape index (κ2) is 9.61. The molecule has 0 bridgehead atoms. The first-order chi connectivity index (χ1) is 14.3. The van der Waals surface area contributed by atoms with Gasteiger partial charge in [0.1, 0.15) is 16.3 Å². The first kappa shape index (κ1) is 22.3. The van der Waals surface area contributed by atoms with Gasteiger partial charge in [0.05, 0.1) is 6.61 Å². The zero-order valence-electron chi connectivity index (χ0n) is 17.7. The van der Waals surface area contributed by atoms with Gasteiger partial charge in [0.25, 0.3) is 0 Å². The molecule has 8 nitrogen and oxygen atoms in total. The summed E-state index contributed by atoms with van der Waals surface area (Å²) in [6.07, 6.45) is 2.16. The van der Waals surface area contributed by atoms with Gasteiger partial charge >= 0.3 is 0 Å². The molecule has 1 aliphatic rings. The van der Waals surface area contributed by atoms with E-state index in [1.54, 1.807) is 13.8 Å². The van der Waals surface area contributed by atoms with Crippen molar-refractivity contribution in [1.29, 1.82) is 0 Å². The average Bonchev–Trinajstić information content (AvgIpc) is 3.06. The molecule has 1 aromatic heterocycles. The second-order valence-corrected chi connectivity index (χ2v) is 9.49. The highest BCUT2D eigenvalue weighted by Crippen LogP contribution is 2.26. The Labute approximate surface area is 177 Å². The van der Waals surface area contributed by atoms with Crippen molar-refractivity contribution in [1.82, 2.24) is 14.8 Å². The van der Waals surface area contributed by atoms with Crippen LogP contribution in [-0.2, 0) is 14.8 Å². The number of carbonyl (C=O) groups excluding carboxylic acids is 1. The molecule has 0 atom stereocenters. The van der Waals surface area contributed by atoms with Gasteiger partial charge in [-0.15, -0.1) is 0 Å². The SMILES string of the molecule is Cc1ccccc1OCCCC(=O)NC1CCN(S(=O)(=O)c2c(C)noc2C)CC1. The van der Waals surface area contributed by atoms with Crippen LogP contribution in [0.25, 0.3) is 0 Å². The minimum atomic E-state index is -3.63. The minimum Gasteiger partial charge on any atom is -0.493 e. The molecule has 1 amide bonds. The van der Waals surface area contributed by atoms with E-state index in [1.165, 1.54) is 4.31 Å². The van der Waals surface area contributed by atoms with Crippen LogP contribution in [0.5, 0.6) is 5.75 Å². The molecule has 2 heterocycles. The lowest BCUT2D eigenvalue weighted by molar-refractivity contribution is -0.122. The van der Waals surface area contributed by atoms with E-state index < -0.39 is 10.0 Å². The number of nitrogens with zero attached hydrogens (tertiary/aromatic N) is 2. The van der Waals surface area contributed by atoms with Crippen molar-refractivity contribution in [2.45, 2.75) is 57.4 Å². The molecular weight excluding hydrogens is 406 g/mol. The van der Waals surface area contributed by atoms with Crippen molar-refractivity contribution in [3.05, 3.63) is 41.3 Å². The number of amides is 1. The molecular formula is C21H29N3O5S. The summed E-state index contributed by atoms with van der Waals surface area (Å²) in [6.45, 7) is 6.40. The van der Waals surface area contributed by atoms with Gasteiger partial charge in [-0.05, 0) is 51.7 Å². The summed E-state index contributed by atoms with van der Waals surface area (Å²) in [7, 11) is -3.63. The molecule has 1 aromatic carbocycles. The van der Waals surface area contributed by atoms with Crippen molar-refractivity contribution in [3.8, 4) is 5.75 Å². The van der Waals surface area contributed by atoms with Crippen LogP contribution in [0.15, 0.2) is 33.7 Å². The summed E-state index contributed by atoms with van der Waals surface area (Å²) in [5, 5.41) is 6.75. The number of piperidine rings is 1. The fourth-order valence-electron chi connectivity index (χ4n) is 3.65. The standard InChI is InChI=1S/C21H29N3O5S/c1-15-7-4-5-8-19(15)28-14-6-9-20(25)22-18-10-12-24(13-11-18)30(26,27)21-16(2)23-29-17(21)3/h4-5,7-8,18H,6,9-14H2,1-3H3,(H,22,25). The van der Waals surface area contributed by atoms with Crippen molar-refractivity contribution in [2.24, 2.45) is 0 Å². The highest BCUT2D eigenvalue weighted by atomic mass is 32.2. The number of sulfonamides is 1. The zero-order valence-corrected chi connectivity index (χ0v) is 18.5. The van der Waals surface area contributed by atoms with Gasteiger partial charge in [-0.3, -0.25) is 4.79 Å². The lowest BCUT2D eigenvalue weighted by atomic mass is 10.1. The molecule has 3 rings (SSSR count). The molecule has 30 heavy (non-hydrogen) atoms. The summed E-state index contributed by atoms with van der Waals surface area (Å²) in [5.74, 6) is 1.11. The molecule has 164 valence electrons. The van der Waals surface area contributed by atoms with Crippen molar-refractivity contribution in [3.63, 3.8) is 0 Å². The third kappa shape index (κ3) is 5.20. The average molecular weight is 436 g/mol. The van der Waals surface area contributed by atoms with E-state index in [4.69, 9.17) is 9.26 Å². The van der Waals surface area contributed by atoms with Gasteiger partial charge in [0, 0.05) is 25.6 Å². The van der Waals surface area contributed by atoms with Gasteiger partial charge < -0.3 is 14.6 Å². The Bertz CT molecular complexity index is 959. The predicted molar refractivity (Wildman–Crippen MR) is 112 cm³/mol. The van der Waals surface area contributed by atoms with Crippen LogP contribution in [-0.4, -0.2) is 49.5 Å². The summed E-state index contributed by atoms with van der Waals surface area (Å²) < 4.78 is 37.9. The fraction of sp³-hybridized carbons (Fsp3) is 0.524. The molecule has 0 unspecified atom stereocenters. The van der Waals surface area contributed by atoms with Crippen molar-refractivity contribution >= 4 is 15.9 Å². The highest BCUT2D eigenvalue weighted by Gasteiger charge is 2.34. The van der Waals surface area contributed by atoms with Crippen LogP contribution in [0.4, 0.5) is 0 Å². The molecule has 0 aliphatic carbocycles. The molecule has 0 saturated carbocycles. The fourth-order valence-corrected chi connectivity index (χ4v) is 5.41. The predicted octanol–water partition coefficient (Wildman–Crippen LogP) is 2.73. The Morgan fingerprint density at radius 3 is 2.57 bits per heavy atom. The lowest BCUT2D eigenvalue weighted by Gasteiger charge is -2.31. The van der Waals surface area contributed by atoms with Gasteiger partial charge in [0.2, 0.25) is 15.9 Å². The zero-order chi connectivity index (χ0) is 21.7. The van der Waals surface area contributed by atoms with Crippen LogP contribution >= 0.6 is 0 Å². The maximum absolute atomic E-state index is 12.9. The maximum Gasteiger partial charge on any atom is 0.248 e. The summed E-state index contributed by atoms with van der Waals surface area (Å²) in [6, 6.07) is 7.76. The van der Waals surface area contributed by atoms with Crippen LogP contribution < -0.4 is 10.1 Å². The monoisotopic (exact) mass is 435 g/mol. The number of ether oxygens (including phenoxy) is 1. The van der Waals surface area contributed by atoms with Gasteiger partial charge in [-0.1, -0.05) is 23.4 Å². The number of aryl methyl sites for hydroxylation is 3. The number of rotatable bonds is 8. The van der Waals surface area contributed by atoms with E-state index in [2.05, 4.69) is 10.5 Å². The second-order valence-electron chi connectivity index (χ2n) is 7.62. The highest BCUT2D eigenvalue weighted by molar-refractivity contribution is 7.89. The topological polar surface area (TPSA) is 102 Å². The molecule has 1 fully saturated rings. The number of para-hydroxylation sites is 1. The third-order valence-electron chi connectivity index (χ3n) is 5.28. The number of hydrogen-bond donors (Lipinski definition) is 1. The lowest BCUT2D eigenvalue weighted by Crippen LogP contribution is -2.46. The first-order valence-corrected chi connectivity index (χ1v) is 11.6. The Balaban J connectivity index is 1.41. The minimum absolute atomic E-state index is 0.0223. The summed E-state index contributed by atoms with van der Waals surface area (Å²) >= 11 is 0. The molecule has 9 heteroatoms. The summed E-state index contributed by atoms with van der Waals surface area (Å²) in [5.41, 5.74) is 1.44. The first-order valence-electron chi connectivity index (χ1n) is 10.2. The molecule has 0 spiro atoms. The Kier molecular flexibility index (Phi) is 7.14. The number of carbonyl (C=O) groups is 1. The van der Waals surface area contributed by atoms with Gasteiger partial charge in [-0.25, -0.2) is 8.42 Å². The van der Waals surface area contributed by atoms with E-state index in [-0.39, 0.29) is 16.8 Å². The van der Waals surface area contributed by atoms with Crippen LogP contribution in [0.2, 0.25) is 0 Å². The number of benzene rings is 1. The molecule has 1 N–H and O–H groups in total. The Morgan fingerprint density at radius 2 is 1.93 bits per heavy atom. The smallest absolute Gasteiger partial charge is 0.248 e. The molecule has 1 aliphatic heterocycles. The normalized spacial score (nSPS) is 15.8. The van der Waals surface area contributed by atoms with E-state index in [9.17, 15) is 13.2 Å². The number of nitrogens with one attached hydrogen (secondary N) is 1. The molecule has 2 aromatic rings.